The van der Waals surface area contributed by atoms with Gasteiger partial charge in [0.2, 0.25) is 0 Å². The molecule has 3 nitrogen and oxygen atoms in total. The Balaban J connectivity index is 1.91. The third-order valence-electron chi connectivity index (χ3n) is 3.65. The summed E-state index contributed by atoms with van der Waals surface area (Å²) in [5, 5.41) is 2.99. The maximum absolute atomic E-state index is 11.9. The molecule has 0 saturated heterocycles. The Morgan fingerprint density at radius 3 is 2.82 bits per heavy atom. The second kappa shape index (κ2) is 4.49. The number of carbonyl (C=O) groups is 1. The zero-order valence-electron chi connectivity index (χ0n) is 10.5. The maximum atomic E-state index is 11.9. The number of amides is 1. The van der Waals surface area contributed by atoms with E-state index >= 15 is 0 Å². The van der Waals surface area contributed by atoms with Gasteiger partial charge in [0.1, 0.15) is 0 Å². The van der Waals surface area contributed by atoms with E-state index in [9.17, 15) is 4.79 Å². The molecule has 1 aromatic rings. The largest absolute Gasteiger partial charge is 0.352 e. The van der Waals surface area contributed by atoms with Gasteiger partial charge in [-0.05, 0) is 35.4 Å². The summed E-state index contributed by atoms with van der Waals surface area (Å²) in [5.74, 6) is 0.632. The molecule has 0 aromatic heterocycles. The summed E-state index contributed by atoms with van der Waals surface area (Å²) >= 11 is 0. The van der Waals surface area contributed by atoms with E-state index in [1.807, 2.05) is 24.3 Å². The monoisotopic (exact) mass is 232 g/mol. The van der Waals surface area contributed by atoms with Crippen LogP contribution in [0.2, 0.25) is 0 Å². The van der Waals surface area contributed by atoms with Crippen LogP contribution in [0.25, 0.3) is 0 Å². The first-order chi connectivity index (χ1) is 8.03. The number of carbonyl (C=O) groups excluding carboxylic acids is 1. The van der Waals surface area contributed by atoms with Crippen LogP contribution in [0.4, 0.5) is 0 Å². The molecule has 0 heterocycles. The lowest BCUT2D eigenvalue weighted by Gasteiger charge is -2.07. The number of hydrogen-bond donors (Lipinski definition) is 2. The lowest BCUT2D eigenvalue weighted by molar-refractivity contribution is 0.0950. The van der Waals surface area contributed by atoms with Crippen LogP contribution in [0.3, 0.4) is 0 Å². The molecule has 1 aliphatic carbocycles. The van der Waals surface area contributed by atoms with Gasteiger partial charge in [0.25, 0.3) is 5.91 Å². The van der Waals surface area contributed by atoms with E-state index in [4.69, 9.17) is 5.73 Å². The summed E-state index contributed by atoms with van der Waals surface area (Å²) < 4.78 is 0. The van der Waals surface area contributed by atoms with Gasteiger partial charge >= 0.3 is 0 Å². The van der Waals surface area contributed by atoms with Gasteiger partial charge in [-0.15, -0.1) is 0 Å². The van der Waals surface area contributed by atoms with Crippen LogP contribution in [-0.4, -0.2) is 12.5 Å². The van der Waals surface area contributed by atoms with Crippen LogP contribution in [-0.2, 0) is 6.54 Å². The molecule has 0 radical (unpaired) electrons. The molecule has 92 valence electrons. The summed E-state index contributed by atoms with van der Waals surface area (Å²) in [6, 6.07) is 7.48. The molecular formula is C14H20N2O. The Hall–Kier alpha value is -1.35. The second-order valence-electron chi connectivity index (χ2n) is 5.50. The molecule has 0 aliphatic heterocycles. The quantitative estimate of drug-likeness (QED) is 0.833. The molecular weight excluding hydrogens is 212 g/mol. The van der Waals surface area contributed by atoms with Crippen LogP contribution < -0.4 is 11.1 Å². The fraction of sp³-hybridized carbons (Fsp3) is 0.500. The van der Waals surface area contributed by atoms with Gasteiger partial charge in [-0.25, -0.2) is 0 Å². The average molecular weight is 232 g/mol. The second-order valence-corrected chi connectivity index (χ2v) is 5.50. The number of hydrogen-bond acceptors (Lipinski definition) is 2. The first-order valence-corrected chi connectivity index (χ1v) is 6.10. The summed E-state index contributed by atoms with van der Waals surface area (Å²) in [6.07, 6.45) is 1.20. The number of rotatable bonds is 4. The molecule has 3 N–H and O–H groups in total. The minimum atomic E-state index is 0.00278. The van der Waals surface area contributed by atoms with Crippen LogP contribution >= 0.6 is 0 Å². The minimum Gasteiger partial charge on any atom is -0.352 e. The van der Waals surface area contributed by atoms with Gasteiger partial charge < -0.3 is 11.1 Å². The summed E-state index contributed by atoms with van der Waals surface area (Å²) in [7, 11) is 0. The number of nitrogens with one attached hydrogen (secondary N) is 1. The third kappa shape index (κ3) is 2.86. The van der Waals surface area contributed by atoms with Crippen molar-refractivity contribution in [2.45, 2.75) is 26.8 Å². The third-order valence-corrected chi connectivity index (χ3v) is 3.65. The highest BCUT2D eigenvalue weighted by atomic mass is 16.1. The van der Waals surface area contributed by atoms with E-state index in [1.54, 1.807) is 0 Å². The predicted octanol–water partition coefficient (Wildman–Crippen LogP) is 1.92. The molecule has 1 aliphatic rings. The molecule has 1 aromatic carbocycles. The highest BCUT2D eigenvalue weighted by Crippen LogP contribution is 2.50. The van der Waals surface area contributed by atoms with Gasteiger partial charge in [0.05, 0.1) is 0 Å². The van der Waals surface area contributed by atoms with Crippen LogP contribution in [0.1, 0.15) is 36.2 Å². The van der Waals surface area contributed by atoms with Gasteiger partial charge in [-0.1, -0.05) is 26.0 Å². The van der Waals surface area contributed by atoms with Crippen molar-refractivity contribution in [1.29, 1.82) is 0 Å². The fourth-order valence-electron chi connectivity index (χ4n) is 2.08. The highest BCUT2D eigenvalue weighted by molar-refractivity contribution is 5.94. The first-order valence-electron chi connectivity index (χ1n) is 6.10. The lowest BCUT2D eigenvalue weighted by atomic mass is 10.1. The Labute approximate surface area is 102 Å². The molecule has 1 fully saturated rings. The van der Waals surface area contributed by atoms with Crippen molar-refractivity contribution >= 4 is 5.91 Å². The highest BCUT2D eigenvalue weighted by Gasteiger charge is 2.45. The van der Waals surface area contributed by atoms with Crippen LogP contribution in [0.5, 0.6) is 0 Å². The molecule has 3 heteroatoms. The van der Waals surface area contributed by atoms with Gasteiger partial charge in [-0.3, -0.25) is 4.79 Å². The molecule has 1 atom stereocenters. The Kier molecular flexibility index (Phi) is 3.20. The molecule has 1 amide bonds. The molecule has 1 unspecified atom stereocenters. The van der Waals surface area contributed by atoms with Crippen molar-refractivity contribution in [3.63, 3.8) is 0 Å². The van der Waals surface area contributed by atoms with Crippen molar-refractivity contribution in [2.75, 3.05) is 6.54 Å². The van der Waals surface area contributed by atoms with Gasteiger partial charge in [0.15, 0.2) is 0 Å². The summed E-state index contributed by atoms with van der Waals surface area (Å²) in [5.41, 5.74) is 7.65. The zero-order chi connectivity index (χ0) is 12.5. The Bertz CT molecular complexity index is 426. The average Bonchev–Trinajstić information content (AvgIpc) is 2.94. The van der Waals surface area contributed by atoms with E-state index in [1.165, 1.54) is 6.42 Å². The van der Waals surface area contributed by atoms with E-state index in [0.29, 0.717) is 23.4 Å². The summed E-state index contributed by atoms with van der Waals surface area (Å²) in [6.45, 7) is 5.72. The number of nitrogens with two attached hydrogens (primary N) is 1. The lowest BCUT2D eigenvalue weighted by Crippen LogP contribution is -2.26. The molecule has 2 rings (SSSR count). The molecule has 17 heavy (non-hydrogen) atoms. The summed E-state index contributed by atoms with van der Waals surface area (Å²) in [4.78, 5) is 11.9. The SMILES string of the molecule is CC1(C)CC1CNC(=O)c1cccc(CN)c1. The van der Waals surface area contributed by atoms with Crippen molar-refractivity contribution in [1.82, 2.24) is 5.32 Å². The van der Waals surface area contributed by atoms with Gasteiger partial charge in [-0.2, -0.15) is 0 Å². The fourth-order valence-corrected chi connectivity index (χ4v) is 2.08. The first kappa shape index (κ1) is 12.1. The smallest absolute Gasteiger partial charge is 0.251 e. The van der Waals surface area contributed by atoms with E-state index in [-0.39, 0.29) is 5.91 Å². The van der Waals surface area contributed by atoms with Crippen molar-refractivity contribution < 1.29 is 4.79 Å². The van der Waals surface area contributed by atoms with Crippen LogP contribution in [0.15, 0.2) is 24.3 Å². The van der Waals surface area contributed by atoms with Crippen LogP contribution in [0, 0.1) is 11.3 Å². The van der Waals surface area contributed by atoms with E-state index in [2.05, 4.69) is 19.2 Å². The van der Waals surface area contributed by atoms with Crippen molar-refractivity contribution in [2.24, 2.45) is 17.1 Å². The Morgan fingerprint density at radius 1 is 1.53 bits per heavy atom. The molecule has 0 bridgehead atoms. The molecule has 0 spiro atoms. The maximum Gasteiger partial charge on any atom is 0.251 e. The van der Waals surface area contributed by atoms with E-state index in [0.717, 1.165) is 12.1 Å². The van der Waals surface area contributed by atoms with Crippen molar-refractivity contribution in [3.8, 4) is 0 Å². The van der Waals surface area contributed by atoms with Crippen molar-refractivity contribution in [3.05, 3.63) is 35.4 Å². The topological polar surface area (TPSA) is 55.1 Å². The standard InChI is InChI=1S/C14H20N2O/c1-14(2)7-12(14)9-16-13(17)11-5-3-4-10(6-11)8-15/h3-6,12H,7-9,15H2,1-2H3,(H,16,17). The molecule has 1 saturated carbocycles. The Morgan fingerprint density at radius 2 is 2.24 bits per heavy atom. The predicted molar refractivity (Wildman–Crippen MR) is 68.6 cm³/mol. The van der Waals surface area contributed by atoms with Gasteiger partial charge in [0, 0.05) is 18.7 Å². The normalized spacial score (nSPS) is 21.0. The van der Waals surface area contributed by atoms with E-state index < -0.39 is 0 Å². The number of benzene rings is 1. The zero-order valence-corrected chi connectivity index (χ0v) is 10.5. The minimum absolute atomic E-state index is 0.00278.